The van der Waals surface area contributed by atoms with Crippen molar-refractivity contribution in [3.8, 4) is 11.3 Å². The Kier molecular flexibility index (Phi) is 5.57. The van der Waals surface area contributed by atoms with Crippen molar-refractivity contribution in [2.75, 3.05) is 18.2 Å². The predicted octanol–water partition coefficient (Wildman–Crippen LogP) is 3.67. The maximum Gasteiger partial charge on any atom is 0.256 e. The summed E-state index contributed by atoms with van der Waals surface area (Å²) in [5, 5.41) is 7.96. The van der Waals surface area contributed by atoms with Gasteiger partial charge in [-0.1, -0.05) is 0 Å². The van der Waals surface area contributed by atoms with Gasteiger partial charge in [-0.15, -0.1) is 5.10 Å². The van der Waals surface area contributed by atoms with E-state index < -0.39 is 13.0 Å². The van der Waals surface area contributed by atoms with Crippen LogP contribution in [-0.4, -0.2) is 54.8 Å². The molecule has 4 aromatic heterocycles. The molecule has 1 aliphatic carbocycles. The van der Waals surface area contributed by atoms with Gasteiger partial charge < -0.3 is 20.4 Å². The first kappa shape index (κ1) is 21.5. The van der Waals surface area contributed by atoms with Crippen molar-refractivity contribution < 1.29 is 13.5 Å². The summed E-state index contributed by atoms with van der Waals surface area (Å²) in [7, 11) is 1.75. The molecule has 9 nitrogen and oxygen atoms in total. The molecule has 0 aromatic carbocycles. The quantitative estimate of drug-likeness (QED) is 0.456. The molecule has 0 radical (unpaired) electrons. The molecule has 174 valence electrons. The standard InChI is InChI=1S/C22H26F2N8O/c1-12-26-17-8-7-16(28-21(17)31(12)11-18(23)24)15-9-10-32-19(15)20(25)29-22(30-32)27-13-3-5-14(33-2)6-4-13/h7-10,13-14,18H,3-6,11H2,1-2H3,(H3,25,27,29,30). The molecule has 1 aliphatic rings. The van der Waals surface area contributed by atoms with Crippen LogP contribution in [-0.2, 0) is 11.3 Å². The Morgan fingerprint density at radius 2 is 1.94 bits per heavy atom. The summed E-state index contributed by atoms with van der Waals surface area (Å²) in [6.45, 7) is 1.24. The Hall–Kier alpha value is -3.34. The molecule has 0 atom stereocenters. The number of halogens is 2. The monoisotopic (exact) mass is 456 g/mol. The van der Waals surface area contributed by atoms with Gasteiger partial charge in [-0.3, -0.25) is 0 Å². The van der Waals surface area contributed by atoms with Crippen LogP contribution in [0.15, 0.2) is 24.4 Å². The summed E-state index contributed by atoms with van der Waals surface area (Å²) in [4.78, 5) is 13.4. The average molecular weight is 457 g/mol. The third kappa shape index (κ3) is 4.08. The van der Waals surface area contributed by atoms with Gasteiger partial charge in [0.15, 0.2) is 11.5 Å². The number of rotatable bonds is 6. The van der Waals surface area contributed by atoms with Crippen molar-refractivity contribution >= 4 is 28.4 Å². The minimum absolute atomic E-state index is 0.269. The maximum atomic E-state index is 13.1. The Bertz CT molecular complexity index is 1290. The van der Waals surface area contributed by atoms with Crippen molar-refractivity contribution in [2.45, 2.75) is 57.7 Å². The maximum absolute atomic E-state index is 13.1. The van der Waals surface area contributed by atoms with Gasteiger partial charge in [0.25, 0.3) is 6.43 Å². The highest BCUT2D eigenvalue weighted by Crippen LogP contribution is 2.30. The number of nitrogens with one attached hydrogen (secondary N) is 1. The van der Waals surface area contributed by atoms with E-state index in [4.69, 9.17) is 10.5 Å². The van der Waals surface area contributed by atoms with Gasteiger partial charge in [-0.2, -0.15) is 4.98 Å². The minimum Gasteiger partial charge on any atom is -0.382 e. The number of pyridine rings is 1. The lowest BCUT2D eigenvalue weighted by molar-refractivity contribution is 0.0681. The van der Waals surface area contributed by atoms with Crippen LogP contribution in [0, 0.1) is 6.92 Å². The van der Waals surface area contributed by atoms with Crippen molar-refractivity contribution in [3.05, 3.63) is 30.2 Å². The van der Waals surface area contributed by atoms with Gasteiger partial charge in [0, 0.05) is 24.9 Å². The summed E-state index contributed by atoms with van der Waals surface area (Å²) in [6.07, 6.45) is 3.56. The SMILES string of the molecule is COC1CCC(Nc2nc(N)c3c(-c4ccc5nc(C)n(CC(F)F)c5n4)ccn3n2)CC1. The fourth-order valence-corrected chi connectivity index (χ4v) is 4.57. The third-order valence-electron chi connectivity index (χ3n) is 6.26. The Morgan fingerprint density at radius 1 is 1.15 bits per heavy atom. The van der Waals surface area contributed by atoms with E-state index in [2.05, 4.69) is 25.4 Å². The zero-order valence-electron chi connectivity index (χ0n) is 18.5. The predicted molar refractivity (Wildman–Crippen MR) is 121 cm³/mol. The van der Waals surface area contributed by atoms with E-state index in [0.717, 1.165) is 31.2 Å². The van der Waals surface area contributed by atoms with E-state index in [1.165, 1.54) is 4.57 Å². The number of imidazole rings is 1. The van der Waals surface area contributed by atoms with Gasteiger partial charge >= 0.3 is 0 Å². The molecule has 1 fully saturated rings. The lowest BCUT2D eigenvalue weighted by Crippen LogP contribution is -2.30. The van der Waals surface area contributed by atoms with Crippen LogP contribution < -0.4 is 11.1 Å². The topological polar surface area (TPSA) is 108 Å². The van der Waals surface area contributed by atoms with E-state index in [-0.39, 0.29) is 6.04 Å². The molecule has 0 bridgehead atoms. The summed E-state index contributed by atoms with van der Waals surface area (Å²) in [6, 6.07) is 5.70. The smallest absolute Gasteiger partial charge is 0.256 e. The van der Waals surface area contributed by atoms with Crippen molar-refractivity contribution in [2.24, 2.45) is 0 Å². The van der Waals surface area contributed by atoms with E-state index in [0.29, 0.717) is 46.1 Å². The molecule has 5 rings (SSSR count). The number of hydrogen-bond donors (Lipinski definition) is 2. The zero-order valence-corrected chi connectivity index (χ0v) is 18.5. The second-order valence-corrected chi connectivity index (χ2v) is 8.40. The molecular weight excluding hydrogens is 430 g/mol. The van der Waals surface area contributed by atoms with E-state index in [1.807, 2.05) is 6.07 Å². The average Bonchev–Trinajstić information content (AvgIpc) is 3.35. The normalized spacial score (nSPS) is 19.1. The lowest BCUT2D eigenvalue weighted by atomic mass is 9.93. The number of aromatic nitrogens is 6. The molecule has 3 N–H and O–H groups in total. The number of ether oxygens (including phenoxy) is 1. The highest BCUT2D eigenvalue weighted by molar-refractivity contribution is 5.88. The van der Waals surface area contributed by atoms with Gasteiger partial charge in [-0.05, 0) is 50.8 Å². The molecule has 4 aromatic rings. The molecule has 0 saturated heterocycles. The number of methoxy groups -OCH3 is 1. The Labute approximate surface area is 189 Å². The number of aryl methyl sites for hydroxylation is 1. The second kappa shape index (κ2) is 8.54. The molecule has 4 heterocycles. The molecule has 1 saturated carbocycles. The highest BCUT2D eigenvalue weighted by atomic mass is 19.3. The number of fused-ring (bicyclic) bond motifs is 2. The van der Waals surface area contributed by atoms with Crippen molar-refractivity contribution in [3.63, 3.8) is 0 Å². The summed E-state index contributed by atoms with van der Waals surface area (Å²) >= 11 is 0. The molecule has 0 spiro atoms. The number of nitrogen functional groups attached to an aromatic ring is 1. The number of hydrogen-bond acceptors (Lipinski definition) is 7. The Balaban J connectivity index is 1.46. The summed E-state index contributed by atoms with van der Waals surface area (Å²) < 4.78 is 34.7. The molecule has 0 unspecified atom stereocenters. The number of nitrogens with zero attached hydrogens (tertiary/aromatic N) is 6. The molecule has 0 aliphatic heterocycles. The van der Waals surface area contributed by atoms with Crippen LogP contribution in [0.4, 0.5) is 20.5 Å². The summed E-state index contributed by atoms with van der Waals surface area (Å²) in [5.41, 5.74) is 9.24. The Morgan fingerprint density at radius 3 is 2.67 bits per heavy atom. The fourth-order valence-electron chi connectivity index (χ4n) is 4.57. The number of alkyl halides is 2. The van der Waals surface area contributed by atoms with E-state index >= 15 is 0 Å². The highest BCUT2D eigenvalue weighted by Gasteiger charge is 2.22. The van der Waals surface area contributed by atoms with Crippen molar-refractivity contribution in [1.29, 1.82) is 0 Å². The second-order valence-electron chi connectivity index (χ2n) is 8.40. The first-order chi connectivity index (χ1) is 15.9. The van der Waals surface area contributed by atoms with E-state index in [9.17, 15) is 8.78 Å². The summed E-state index contributed by atoms with van der Waals surface area (Å²) in [5.74, 6) is 1.28. The van der Waals surface area contributed by atoms with Crippen molar-refractivity contribution in [1.82, 2.24) is 29.1 Å². The van der Waals surface area contributed by atoms with Crippen LogP contribution in [0.2, 0.25) is 0 Å². The largest absolute Gasteiger partial charge is 0.382 e. The van der Waals surface area contributed by atoms with Crippen LogP contribution in [0.5, 0.6) is 0 Å². The molecule has 11 heteroatoms. The van der Waals surface area contributed by atoms with Crippen LogP contribution in [0.3, 0.4) is 0 Å². The van der Waals surface area contributed by atoms with Crippen LogP contribution >= 0.6 is 0 Å². The molecule has 33 heavy (non-hydrogen) atoms. The molecular formula is C22H26F2N8O. The van der Waals surface area contributed by atoms with Gasteiger partial charge in [0.05, 0.1) is 18.3 Å². The first-order valence-electron chi connectivity index (χ1n) is 11.0. The number of anilines is 2. The first-order valence-corrected chi connectivity index (χ1v) is 11.0. The fraction of sp³-hybridized carbons (Fsp3) is 0.455. The lowest BCUT2D eigenvalue weighted by Gasteiger charge is -2.28. The third-order valence-corrected chi connectivity index (χ3v) is 6.26. The zero-order chi connectivity index (χ0) is 23.1. The van der Waals surface area contributed by atoms with Crippen LogP contribution in [0.1, 0.15) is 31.5 Å². The molecule has 0 amide bonds. The number of nitrogens with two attached hydrogens (primary N) is 1. The van der Waals surface area contributed by atoms with Gasteiger partial charge in [0.1, 0.15) is 16.9 Å². The van der Waals surface area contributed by atoms with Gasteiger partial charge in [0.2, 0.25) is 5.95 Å². The van der Waals surface area contributed by atoms with Crippen LogP contribution in [0.25, 0.3) is 27.9 Å². The van der Waals surface area contributed by atoms with Gasteiger partial charge in [-0.25, -0.2) is 23.3 Å². The minimum atomic E-state index is -2.50. The van der Waals surface area contributed by atoms with E-state index in [1.54, 1.807) is 36.9 Å².